The number of anilines is 3. The first-order valence-corrected chi connectivity index (χ1v) is 20.5. The van der Waals surface area contributed by atoms with Crippen molar-refractivity contribution in [2.45, 2.75) is 38.5 Å². The van der Waals surface area contributed by atoms with Crippen LogP contribution in [0.1, 0.15) is 49.9 Å². The first kappa shape index (κ1) is 33.1. The van der Waals surface area contributed by atoms with Crippen molar-refractivity contribution < 1.29 is 0 Å². The van der Waals surface area contributed by atoms with E-state index in [1.54, 1.807) is 0 Å². The Morgan fingerprint density at radius 1 is 0.411 bits per heavy atom. The Kier molecular flexibility index (Phi) is 7.18. The summed E-state index contributed by atoms with van der Waals surface area (Å²) >= 11 is 1.89. The third kappa shape index (κ3) is 4.72. The van der Waals surface area contributed by atoms with E-state index in [0.717, 1.165) is 11.4 Å². The van der Waals surface area contributed by atoms with Gasteiger partial charge < -0.3 is 4.90 Å². The SMILES string of the molecule is CC1(C)c2ccccc2-c2c(N(c3ccc(-c4cccc5c4C(C)(C)c4ccccc4-5)cc3)c3cccc(-c4cccc5c4sc4ccccc45)c3)cccc21. The predicted octanol–water partition coefficient (Wildman–Crippen LogP) is 15.5. The van der Waals surface area contributed by atoms with Gasteiger partial charge in [-0.15, -0.1) is 11.3 Å². The van der Waals surface area contributed by atoms with Crippen molar-refractivity contribution in [3.8, 4) is 44.5 Å². The smallest absolute Gasteiger partial charge is 0.0543 e. The van der Waals surface area contributed by atoms with Crippen molar-refractivity contribution in [1.82, 2.24) is 0 Å². The van der Waals surface area contributed by atoms with Crippen LogP contribution in [-0.4, -0.2) is 0 Å². The van der Waals surface area contributed by atoms with Crippen molar-refractivity contribution in [3.63, 3.8) is 0 Å². The molecule has 0 atom stereocenters. The summed E-state index contributed by atoms with van der Waals surface area (Å²) in [6, 6.07) is 65.6. The van der Waals surface area contributed by atoms with Gasteiger partial charge in [-0.3, -0.25) is 0 Å². The molecule has 1 heterocycles. The van der Waals surface area contributed by atoms with E-state index in [1.807, 2.05) is 11.3 Å². The Morgan fingerprint density at radius 2 is 1.02 bits per heavy atom. The van der Waals surface area contributed by atoms with Gasteiger partial charge in [0.1, 0.15) is 0 Å². The lowest BCUT2D eigenvalue weighted by atomic mass is 9.79. The Morgan fingerprint density at radius 3 is 1.86 bits per heavy atom. The second kappa shape index (κ2) is 12.1. The van der Waals surface area contributed by atoms with E-state index in [-0.39, 0.29) is 10.8 Å². The van der Waals surface area contributed by atoms with Crippen LogP contribution in [0.25, 0.3) is 64.7 Å². The van der Waals surface area contributed by atoms with Crippen molar-refractivity contribution in [2.24, 2.45) is 0 Å². The fourth-order valence-corrected chi connectivity index (χ4v) is 11.3. The minimum Gasteiger partial charge on any atom is -0.310 e. The molecule has 268 valence electrons. The normalized spacial score (nSPS) is 14.4. The van der Waals surface area contributed by atoms with Crippen LogP contribution in [0.15, 0.2) is 176 Å². The van der Waals surface area contributed by atoms with E-state index < -0.39 is 0 Å². The predicted molar refractivity (Wildman–Crippen MR) is 240 cm³/mol. The maximum atomic E-state index is 2.49. The highest BCUT2D eigenvalue weighted by Crippen LogP contribution is 2.55. The van der Waals surface area contributed by atoms with Gasteiger partial charge >= 0.3 is 0 Å². The molecule has 0 unspecified atom stereocenters. The molecule has 1 nitrogen and oxygen atoms in total. The van der Waals surface area contributed by atoms with Crippen molar-refractivity contribution in [1.29, 1.82) is 0 Å². The molecule has 0 N–H and O–H groups in total. The molecule has 0 fully saturated rings. The molecular formula is C54H41NS. The summed E-state index contributed by atoms with van der Waals surface area (Å²) < 4.78 is 2.66. The number of fused-ring (bicyclic) bond motifs is 9. The average Bonchev–Trinajstić information content (AvgIpc) is 3.82. The molecule has 2 heteroatoms. The summed E-state index contributed by atoms with van der Waals surface area (Å²) in [4.78, 5) is 2.49. The van der Waals surface area contributed by atoms with Crippen molar-refractivity contribution >= 4 is 48.6 Å². The van der Waals surface area contributed by atoms with Crippen LogP contribution in [-0.2, 0) is 10.8 Å². The minimum absolute atomic E-state index is 0.0876. The molecule has 2 aliphatic carbocycles. The van der Waals surface area contributed by atoms with Crippen molar-refractivity contribution in [2.75, 3.05) is 4.90 Å². The first-order valence-electron chi connectivity index (χ1n) is 19.7. The Balaban J connectivity index is 1.10. The van der Waals surface area contributed by atoms with Crippen LogP contribution in [0.3, 0.4) is 0 Å². The van der Waals surface area contributed by atoms with E-state index in [4.69, 9.17) is 0 Å². The van der Waals surface area contributed by atoms with Crippen molar-refractivity contribution in [3.05, 3.63) is 198 Å². The highest BCUT2D eigenvalue weighted by atomic mass is 32.1. The molecule has 0 saturated heterocycles. The molecule has 0 amide bonds. The number of benzene rings is 8. The summed E-state index contributed by atoms with van der Waals surface area (Å²) in [5.74, 6) is 0. The molecule has 2 aliphatic rings. The third-order valence-electron chi connectivity index (χ3n) is 12.7. The topological polar surface area (TPSA) is 3.24 Å². The second-order valence-electron chi connectivity index (χ2n) is 16.5. The molecule has 9 aromatic rings. The standard InChI is InChI=1S/C54H41NS/c1-53(2)46-25-9-6-19-44(46)50-47(53)26-14-27-48(50)55(37-16-11-15-35(33-37)39-21-13-23-43-41-18-7-10-28-49(41)56-52(39)43)36-31-29-34(30-32-36)38-20-12-22-42-40-17-5-8-24-45(40)54(3,4)51(38)42/h5-33H,1-4H3. The highest BCUT2D eigenvalue weighted by molar-refractivity contribution is 7.26. The zero-order chi connectivity index (χ0) is 37.8. The van der Waals surface area contributed by atoms with Gasteiger partial charge in [0.15, 0.2) is 0 Å². The fraction of sp³-hybridized carbons (Fsp3) is 0.111. The number of hydrogen-bond donors (Lipinski definition) is 0. The van der Waals surface area contributed by atoms with Crippen LogP contribution in [0.5, 0.6) is 0 Å². The van der Waals surface area contributed by atoms with E-state index >= 15 is 0 Å². The van der Waals surface area contributed by atoms with Crippen LogP contribution < -0.4 is 4.90 Å². The van der Waals surface area contributed by atoms with Gasteiger partial charge in [-0.05, 0) is 97.6 Å². The van der Waals surface area contributed by atoms with Crippen LogP contribution in [0.2, 0.25) is 0 Å². The summed E-state index contributed by atoms with van der Waals surface area (Å²) in [6.07, 6.45) is 0. The van der Waals surface area contributed by atoms with E-state index in [1.165, 1.54) is 92.6 Å². The molecule has 0 saturated carbocycles. The number of thiophene rings is 1. The molecule has 0 aliphatic heterocycles. The summed E-state index contributed by atoms with van der Waals surface area (Å²) in [7, 11) is 0. The van der Waals surface area contributed by atoms with Gasteiger partial charge in [0.05, 0.1) is 5.69 Å². The van der Waals surface area contributed by atoms with Gasteiger partial charge in [0.25, 0.3) is 0 Å². The number of hydrogen-bond acceptors (Lipinski definition) is 2. The third-order valence-corrected chi connectivity index (χ3v) is 13.9. The number of nitrogens with zero attached hydrogens (tertiary/aromatic N) is 1. The fourth-order valence-electron chi connectivity index (χ4n) is 10.0. The second-order valence-corrected chi connectivity index (χ2v) is 17.5. The first-order chi connectivity index (χ1) is 27.3. The zero-order valence-electron chi connectivity index (χ0n) is 32.1. The van der Waals surface area contributed by atoms with E-state index in [9.17, 15) is 0 Å². The van der Waals surface area contributed by atoms with Gasteiger partial charge in [0, 0.05) is 47.9 Å². The van der Waals surface area contributed by atoms with E-state index in [2.05, 4.69) is 209 Å². The van der Waals surface area contributed by atoms with Gasteiger partial charge in [-0.1, -0.05) is 167 Å². The maximum absolute atomic E-state index is 2.49. The Labute approximate surface area is 333 Å². The van der Waals surface area contributed by atoms with Crippen LogP contribution in [0, 0.1) is 0 Å². The van der Waals surface area contributed by atoms with Gasteiger partial charge in [0.2, 0.25) is 0 Å². The average molecular weight is 736 g/mol. The van der Waals surface area contributed by atoms with Crippen LogP contribution >= 0.6 is 11.3 Å². The summed E-state index contributed by atoms with van der Waals surface area (Å²) in [6.45, 7) is 9.48. The summed E-state index contributed by atoms with van der Waals surface area (Å²) in [5.41, 5.74) is 19.2. The Hall–Kier alpha value is -6.22. The molecule has 11 rings (SSSR count). The molecular weight excluding hydrogens is 695 g/mol. The lowest BCUT2D eigenvalue weighted by Gasteiger charge is -2.29. The minimum atomic E-state index is -0.103. The van der Waals surface area contributed by atoms with E-state index in [0.29, 0.717) is 0 Å². The largest absolute Gasteiger partial charge is 0.310 e. The van der Waals surface area contributed by atoms with Gasteiger partial charge in [-0.2, -0.15) is 0 Å². The molecule has 0 bridgehead atoms. The summed E-state index contributed by atoms with van der Waals surface area (Å²) in [5, 5.41) is 2.64. The molecule has 8 aromatic carbocycles. The lowest BCUT2D eigenvalue weighted by molar-refractivity contribution is 0.660. The van der Waals surface area contributed by atoms with Gasteiger partial charge in [-0.25, -0.2) is 0 Å². The quantitative estimate of drug-likeness (QED) is 0.170. The Bertz CT molecular complexity index is 3030. The lowest BCUT2D eigenvalue weighted by Crippen LogP contribution is -2.16. The maximum Gasteiger partial charge on any atom is 0.0543 e. The van der Waals surface area contributed by atoms with Crippen LogP contribution in [0.4, 0.5) is 17.1 Å². The molecule has 56 heavy (non-hydrogen) atoms. The molecule has 0 radical (unpaired) electrons. The monoisotopic (exact) mass is 735 g/mol. The number of rotatable bonds is 5. The highest BCUT2D eigenvalue weighted by Gasteiger charge is 2.39. The zero-order valence-corrected chi connectivity index (χ0v) is 32.9. The molecule has 1 aromatic heterocycles. The molecule has 0 spiro atoms.